The number of carbonyl (C=O) groups excluding carboxylic acids is 1. The van der Waals surface area contributed by atoms with Crippen LogP contribution in [0.5, 0.6) is 0 Å². The minimum absolute atomic E-state index is 0.0340. The lowest BCUT2D eigenvalue weighted by Crippen LogP contribution is -2.28. The lowest BCUT2D eigenvalue weighted by Gasteiger charge is -2.18. The lowest BCUT2D eigenvalue weighted by molar-refractivity contribution is -0.384. The second-order valence-corrected chi connectivity index (χ2v) is 6.05. The maximum absolute atomic E-state index is 11.6. The summed E-state index contributed by atoms with van der Waals surface area (Å²) in [6, 6.07) is 5.62. The van der Waals surface area contributed by atoms with Crippen LogP contribution in [0.2, 0.25) is 0 Å². The summed E-state index contributed by atoms with van der Waals surface area (Å²) in [5.74, 6) is -0.596. The van der Waals surface area contributed by atoms with Gasteiger partial charge in [-0.25, -0.2) is 9.78 Å². The van der Waals surface area contributed by atoms with E-state index in [2.05, 4.69) is 20.8 Å². The second kappa shape index (κ2) is 9.82. The predicted molar refractivity (Wildman–Crippen MR) is 110 cm³/mol. The maximum atomic E-state index is 11.6. The van der Waals surface area contributed by atoms with E-state index in [1.165, 1.54) is 31.2 Å². The summed E-state index contributed by atoms with van der Waals surface area (Å²) in [6.45, 7) is 3.19. The summed E-state index contributed by atoms with van der Waals surface area (Å²) in [4.78, 5) is 36.5. The number of nitro groups is 2. The number of nitrogens with two attached hydrogens (primary N) is 1. The molecule has 1 amide bonds. The molecule has 164 valence electrons. The quantitative estimate of drug-likeness (QED) is 0.207. The maximum Gasteiger partial charge on any atom is 0.412 e. The van der Waals surface area contributed by atoms with E-state index in [9.17, 15) is 30.2 Å². The van der Waals surface area contributed by atoms with Gasteiger partial charge in [0.1, 0.15) is 17.2 Å². The normalized spacial score (nSPS) is 12.0. The Morgan fingerprint density at radius 1 is 1.32 bits per heavy atom. The predicted octanol–water partition coefficient (Wildman–Crippen LogP) is 2.73. The summed E-state index contributed by atoms with van der Waals surface area (Å²) >= 11 is 0. The monoisotopic (exact) mass is 433 g/mol. The molecule has 0 saturated carbocycles. The van der Waals surface area contributed by atoms with Crippen LogP contribution in [-0.4, -0.2) is 44.5 Å². The Labute approximate surface area is 175 Å². The van der Waals surface area contributed by atoms with Crippen molar-refractivity contribution in [3.8, 4) is 0 Å². The first-order valence-electron chi connectivity index (χ1n) is 8.79. The molecule has 0 fully saturated rings. The number of rotatable bonds is 8. The molecule has 0 radical (unpaired) electrons. The molecule has 1 aromatic carbocycles. The largest absolute Gasteiger partial charge is 0.450 e. The van der Waals surface area contributed by atoms with Gasteiger partial charge in [-0.05, 0) is 13.8 Å². The molecule has 1 heterocycles. The number of aromatic nitrogens is 1. The van der Waals surface area contributed by atoms with Crippen molar-refractivity contribution in [3.05, 3.63) is 56.1 Å². The highest BCUT2D eigenvalue weighted by atomic mass is 16.6. The summed E-state index contributed by atoms with van der Waals surface area (Å²) < 4.78 is 4.74. The molecule has 0 aliphatic heterocycles. The minimum atomic E-state index is -0.872. The highest BCUT2D eigenvalue weighted by Gasteiger charge is 2.25. The van der Waals surface area contributed by atoms with Crippen molar-refractivity contribution in [1.82, 2.24) is 4.98 Å². The van der Waals surface area contributed by atoms with E-state index in [4.69, 9.17) is 10.5 Å². The molecule has 2 rings (SSSR count). The standard InChI is InChI=1S/C17H19N7O7/c1-3-31-17(25)21-13-8-12(15(24(29)30)16(18)20-13)19-9(2)14(22-26)10-5-4-6-11(7-10)23(27)28/h4-9,26H,3H2,1-2H3,(H4,18,19,20,21,25)/b22-14-. The number of pyridine rings is 1. The van der Waals surface area contributed by atoms with Gasteiger partial charge in [0, 0.05) is 23.8 Å². The molecular formula is C17H19N7O7. The number of anilines is 3. The van der Waals surface area contributed by atoms with Gasteiger partial charge < -0.3 is 21.0 Å². The fourth-order valence-corrected chi connectivity index (χ4v) is 2.67. The Balaban J connectivity index is 2.41. The number of benzene rings is 1. The van der Waals surface area contributed by atoms with Crippen molar-refractivity contribution >= 4 is 40.5 Å². The number of ether oxygens (including phenoxy) is 1. The zero-order valence-corrected chi connectivity index (χ0v) is 16.4. The number of amides is 1. The number of carbonyl (C=O) groups is 1. The first-order chi connectivity index (χ1) is 14.7. The van der Waals surface area contributed by atoms with E-state index >= 15 is 0 Å². The van der Waals surface area contributed by atoms with Crippen LogP contribution in [-0.2, 0) is 4.74 Å². The zero-order chi connectivity index (χ0) is 23.1. The molecule has 0 spiro atoms. The van der Waals surface area contributed by atoms with Gasteiger partial charge in [-0.2, -0.15) is 0 Å². The third-order valence-corrected chi connectivity index (χ3v) is 3.95. The molecule has 1 atom stereocenters. The molecule has 14 heteroatoms. The molecule has 2 aromatic rings. The molecule has 31 heavy (non-hydrogen) atoms. The average molecular weight is 433 g/mol. The van der Waals surface area contributed by atoms with Crippen LogP contribution >= 0.6 is 0 Å². The van der Waals surface area contributed by atoms with Crippen molar-refractivity contribution in [2.75, 3.05) is 23.0 Å². The van der Waals surface area contributed by atoms with Gasteiger partial charge in [-0.3, -0.25) is 25.5 Å². The van der Waals surface area contributed by atoms with Crippen LogP contribution in [0, 0.1) is 20.2 Å². The van der Waals surface area contributed by atoms with E-state index in [1.54, 1.807) is 6.92 Å². The fourth-order valence-electron chi connectivity index (χ4n) is 2.67. The average Bonchev–Trinajstić information content (AvgIpc) is 2.68. The number of nitrogens with zero attached hydrogens (tertiary/aromatic N) is 4. The SMILES string of the molecule is CCOC(=O)Nc1cc(NC(C)/C(=N/O)c2cccc([N+](=O)[O-])c2)c([N+](=O)[O-])c(N)n1. The van der Waals surface area contributed by atoms with Crippen molar-refractivity contribution in [2.24, 2.45) is 5.16 Å². The number of nitrogens with one attached hydrogen (secondary N) is 2. The van der Waals surface area contributed by atoms with Gasteiger partial charge in [-0.15, -0.1) is 0 Å². The Morgan fingerprint density at radius 3 is 2.61 bits per heavy atom. The summed E-state index contributed by atoms with van der Waals surface area (Å²) in [7, 11) is 0. The van der Waals surface area contributed by atoms with E-state index in [0.29, 0.717) is 0 Å². The van der Waals surface area contributed by atoms with Crippen LogP contribution in [0.15, 0.2) is 35.5 Å². The topological polar surface area (TPSA) is 208 Å². The first kappa shape index (κ1) is 22.8. The summed E-state index contributed by atoms with van der Waals surface area (Å²) in [5, 5.41) is 40.1. The molecule has 0 aliphatic rings. The molecule has 0 bridgehead atoms. The van der Waals surface area contributed by atoms with Gasteiger partial charge >= 0.3 is 11.8 Å². The third kappa shape index (κ3) is 5.53. The number of non-ortho nitro benzene ring substituents is 1. The molecular weight excluding hydrogens is 414 g/mol. The van der Waals surface area contributed by atoms with Gasteiger partial charge in [0.25, 0.3) is 5.69 Å². The van der Waals surface area contributed by atoms with Crippen molar-refractivity contribution in [3.63, 3.8) is 0 Å². The Bertz CT molecular complexity index is 1040. The number of nitrogen functional groups attached to an aromatic ring is 1. The van der Waals surface area contributed by atoms with Crippen molar-refractivity contribution in [2.45, 2.75) is 19.9 Å². The number of nitro benzene ring substituents is 1. The van der Waals surface area contributed by atoms with Crippen LogP contribution in [0.1, 0.15) is 19.4 Å². The summed E-state index contributed by atoms with van der Waals surface area (Å²) in [5.41, 5.74) is 4.92. The van der Waals surface area contributed by atoms with E-state index < -0.39 is 33.5 Å². The van der Waals surface area contributed by atoms with Gasteiger partial charge in [-0.1, -0.05) is 17.3 Å². The molecule has 5 N–H and O–H groups in total. The molecule has 0 aliphatic carbocycles. The van der Waals surface area contributed by atoms with E-state index in [0.717, 1.165) is 6.07 Å². The highest BCUT2D eigenvalue weighted by Crippen LogP contribution is 2.33. The van der Waals surface area contributed by atoms with Crippen LogP contribution < -0.4 is 16.4 Å². The molecule has 0 saturated heterocycles. The molecule has 1 aromatic heterocycles. The molecule has 14 nitrogen and oxygen atoms in total. The molecule has 1 unspecified atom stereocenters. The van der Waals surface area contributed by atoms with Gasteiger partial charge in [0.15, 0.2) is 0 Å². The zero-order valence-electron chi connectivity index (χ0n) is 16.4. The van der Waals surface area contributed by atoms with Crippen molar-refractivity contribution < 1.29 is 24.6 Å². The number of hydrogen-bond donors (Lipinski definition) is 4. The number of oxime groups is 1. The van der Waals surface area contributed by atoms with Crippen LogP contribution in [0.4, 0.5) is 33.5 Å². The Morgan fingerprint density at radius 2 is 2.03 bits per heavy atom. The van der Waals surface area contributed by atoms with Gasteiger partial charge in [0.05, 0.1) is 22.5 Å². The summed E-state index contributed by atoms with van der Waals surface area (Å²) in [6.07, 6.45) is -0.837. The van der Waals surface area contributed by atoms with Gasteiger partial charge in [0.2, 0.25) is 5.82 Å². The first-order valence-corrected chi connectivity index (χ1v) is 8.79. The van der Waals surface area contributed by atoms with Crippen molar-refractivity contribution in [1.29, 1.82) is 0 Å². The Hall–Kier alpha value is -4.49. The number of hydrogen-bond acceptors (Lipinski definition) is 11. The second-order valence-electron chi connectivity index (χ2n) is 6.05. The van der Waals surface area contributed by atoms with E-state index in [-0.39, 0.29) is 35.1 Å². The smallest absolute Gasteiger partial charge is 0.412 e. The fraction of sp³-hybridized carbons (Fsp3) is 0.235. The third-order valence-electron chi connectivity index (χ3n) is 3.95. The minimum Gasteiger partial charge on any atom is -0.450 e. The highest BCUT2D eigenvalue weighted by molar-refractivity contribution is 6.06. The lowest BCUT2D eigenvalue weighted by atomic mass is 10.0. The van der Waals surface area contributed by atoms with Crippen LogP contribution in [0.3, 0.4) is 0 Å². The van der Waals surface area contributed by atoms with Crippen LogP contribution in [0.25, 0.3) is 0 Å². The van der Waals surface area contributed by atoms with E-state index in [1.807, 2.05) is 0 Å². The Kier molecular flexibility index (Phi) is 7.22.